The van der Waals surface area contributed by atoms with E-state index in [1.807, 2.05) is 0 Å². The van der Waals surface area contributed by atoms with E-state index in [9.17, 15) is 4.79 Å². The van der Waals surface area contributed by atoms with E-state index in [4.69, 9.17) is 15.3 Å². The Morgan fingerprint density at radius 2 is 2.10 bits per heavy atom. The van der Waals surface area contributed by atoms with Crippen LogP contribution in [0.4, 0.5) is 0 Å². The minimum Gasteiger partial charge on any atom is -0.481 e. The van der Waals surface area contributed by atoms with Crippen molar-refractivity contribution >= 4 is 5.97 Å². The minimum atomic E-state index is -1.43. The van der Waals surface area contributed by atoms with Crippen molar-refractivity contribution in [2.24, 2.45) is 5.41 Å². The summed E-state index contributed by atoms with van der Waals surface area (Å²) >= 11 is 0. The summed E-state index contributed by atoms with van der Waals surface area (Å²) < 4.78 is 0. The number of carbonyl (C=O) groups is 1. The quantitative estimate of drug-likeness (QED) is 0.502. The summed E-state index contributed by atoms with van der Waals surface area (Å²) in [6, 6.07) is 0. The number of aliphatic carboxylic acids is 1. The van der Waals surface area contributed by atoms with Gasteiger partial charge in [-0.25, -0.2) is 0 Å². The average Bonchev–Trinajstić information content (AvgIpc) is 1.85. The Hall–Kier alpha value is -0.610. The highest BCUT2D eigenvalue weighted by molar-refractivity contribution is 5.74. The van der Waals surface area contributed by atoms with Gasteiger partial charge in [0.1, 0.15) is 5.41 Å². The van der Waals surface area contributed by atoms with Crippen molar-refractivity contribution in [3.8, 4) is 0 Å². The topological polar surface area (TPSA) is 77.8 Å². The lowest BCUT2D eigenvalue weighted by atomic mass is 9.86. The molecule has 0 heterocycles. The summed E-state index contributed by atoms with van der Waals surface area (Å²) in [4.78, 5) is 10.4. The molecule has 10 heavy (non-hydrogen) atoms. The number of carboxylic acid groups (broad SMARTS) is 1. The third kappa shape index (κ3) is 1.46. The van der Waals surface area contributed by atoms with E-state index < -0.39 is 24.1 Å². The fraction of sp³-hybridized carbons (Fsp3) is 0.833. The van der Waals surface area contributed by atoms with Gasteiger partial charge in [-0.15, -0.1) is 0 Å². The summed E-state index contributed by atoms with van der Waals surface area (Å²) in [7, 11) is 0. The fourth-order valence-corrected chi connectivity index (χ4v) is 0.378. The molecular formula is C6H12O4. The third-order valence-corrected chi connectivity index (χ3v) is 1.74. The Morgan fingerprint density at radius 3 is 2.10 bits per heavy atom. The first-order chi connectivity index (χ1) is 4.45. The maximum atomic E-state index is 10.4. The highest BCUT2D eigenvalue weighted by atomic mass is 16.4. The lowest BCUT2D eigenvalue weighted by molar-refractivity contribution is -0.157. The SMILES string of the molecule is CC(O)C(C)(CO)C(=O)O. The molecule has 60 valence electrons. The molecule has 0 saturated carbocycles. The Morgan fingerprint density at radius 1 is 1.70 bits per heavy atom. The van der Waals surface area contributed by atoms with Crippen LogP contribution in [0.1, 0.15) is 13.8 Å². The minimum absolute atomic E-state index is 0.556. The van der Waals surface area contributed by atoms with Gasteiger partial charge in [-0.3, -0.25) is 4.79 Å². The summed E-state index contributed by atoms with van der Waals surface area (Å²) in [5.41, 5.74) is -1.43. The Labute approximate surface area is 59.1 Å². The Kier molecular flexibility index (Phi) is 2.80. The normalized spacial score (nSPS) is 19.6. The summed E-state index contributed by atoms with van der Waals surface area (Å²) in [6.45, 7) is 2.07. The van der Waals surface area contributed by atoms with Gasteiger partial charge < -0.3 is 15.3 Å². The molecule has 0 aliphatic carbocycles. The highest BCUT2D eigenvalue weighted by Gasteiger charge is 2.37. The van der Waals surface area contributed by atoms with Crippen molar-refractivity contribution in [2.45, 2.75) is 20.0 Å². The zero-order valence-corrected chi connectivity index (χ0v) is 6.03. The summed E-state index contributed by atoms with van der Waals surface area (Å²) in [6.07, 6.45) is -1.05. The molecular weight excluding hydrogens is 136 g/mol. The van der Waals surface area contributed by atoms with E-state index in [1.54, 1.807) is 0 Å². The van der Waals surface area contributed by atoms with E-state index >= 15 is 0 Å². The molecule has 0 saturated heterocycles. The van der Waals surface area contributed by atoms with Crippen molar-refractivity contribution in [1.29, 1.82) is 0 Å². The standard InChI is InChI=1S/C6H12O4/c1-4(8)6(2,3-7)5(9)10/h4,7-8H,3H2,1-2H3,(H,9,10). The number of aliphatic hydroxyl groups is 2. The Balaban J connectivity index is 4.38. The predicted octanol–water partition coefficient (Wildman–Crippen LogP) is -0.550. The predicted molar refractivity (Wildman–Crippen MR) is 34.5 cm³/mol. The first kappa shape index (κ1) is 9.39. The van der Waals surface area contributed by atoms with Crippen molar-refractivity contribution in [3.63, 3.8) is 0 Å². The monoisotopic (exact) mass is 148 g/mol. The molecule has 0 aliphatic rings. The van der Waals surface area contributed by atoms with Crippen LogP contribution in [0.15, 0.2) is 0 Å². The fourth-order valence-electron chi connectivity index (χ4n) is 0.378. The zero-order valence-electron chi connectivity index (χ0n) is 6.03. The molecule has 2 atom stereocenters. The van der Waals surface area contributed by atoms with Crippen LogP contribution in [-0.4, -0.2) is 34.0 Å². The van der Waals surface area contributed by atoms with E-state index in [0.717, 1.165) is 0 Å². The van der Waals surface area contributed by atoms with Crippen LogP contribution < -0.4 is 0 Å². The van der Waals surface area contributed by atoms with Gasteiger partial charge in [0.15, 0.2) is 0 Å². The second-order valence-corrected chi connectivity index (χ2v) is 2.56. The molecule has 0 radical (unpaired) electrons. The molecule has 0 spiro atoms. The molecule has 0 aromatic rings. The highest BCUT2D eigenvalue weighted by Crippen LogP contribution is 2.20. The van der Waals surface area contributed by atoms with Crippen molar-refractivity contribution in [1.82, 2.24) is 0 Å². The molecule has 0 aliphatic heterocycles. The van der Waals surface area contributed by atoms with Gasteiger partial charge in [0.2, 0.25) is 0 Å². The lowest BCUT2D eigenvalue weighted by Crippen LogP contribution is -2.41. The van der Waals surface area contributed by atoms with Crippen LogP contribution in [0.3, 0.4) is 0 Å². The maximum absolute atomic E-state index is 10.4. The van der Waals surface area contributed by atoms with E-state index in [-0.39, 0.29) is 0 Å². The smallest absolute Gasteiger partial charge is 0.314 e. The average molecular weight is 148 g/mol. The summed E-state index contributed by atoms with van der Waals surface area (Å²) in [5.74, 6) is -1.19. The number of hydrogen-bond donors (Lipinski definition) is 3. The molecule has 0 bridgehead atoms. The van der Waals surface area contributed by atoms with E-state index in [1.165, 1.54) is 13.8 Å². The van der Waals surface area contributed by atoms with Gasteiger partial charge in [0.05, 0.1) is 12.7 Å². The molecule has 4 nitrogen and oxygen atoms in total. The van der Waals surface area contributed by atoms with Crippen LogP contribution in [-0.2, 0) is 4.79 Å². The van der Waals surface area contributed by atoms with Gasteiger partial charge in [0, 0.05) is 0 Å². The van der Waals surface area contributed by atoms with Crippen LogP contribution >= 0.6 is 0 Å². The van der Waals surface area contributed by atoms with Gasteiger partial charge >= 0.3 is 5.97 Å². The maximum Gasteiger partial charge on any atom is 0.314 e. The van der Waals surface area contributed by atoms with Crippen LogP contribution in [0.2, 0.25) is 0 Å². The number of carboxylic acids is 1. The third-order valence-electron chi connectivity index (χ3n) is 1.74. The van der Waals surface area contributed by atoms with Crippen molar-refractivity contribution < 1.29 is 20.1 Å². The first-order valence-corrected chi connectivity index (χ1v) is 2.97. The number of rotatable bonds is 3. The van der Waals surface area contributed by atoms with Crippen LogP contribution in [0.5, 0.6) is 0 Å². The van der Waals surface area contributed by atoms with Crippen LogP contribution in [0.25, 0.3) is 0 Å². The van der Waals surface area contributed by atoms with Gasteiger partial charge in [-0.1, -0.05) is 0 Å². The molecule has 0 aromatic carbocycles. The first-order valence-electron chi connectivity index (χ1n) is 2.97. The number of aliphatic hydroxyl groups excluding tert-OH is 2. The van der Waals surface area contributed by atoms with Gasteiger partial charge in [-0.05, 0) is 13.8 Å². The second kappa shape index (κ2) is 2.98. The molecule has 0 fully saturated rings. The molecule has 0 aromatic heterocycles. The van der Waals surface area contributed by atoms with Crippen LogP contribution in [0, 0.1) is 5.41 Å². The van der Waals surface area contributed by atoms with E-state index in [2.05, 4.69) is 0 Å². The zero-order chi connectivity index (χ0) is 8.36. The molecule has 3 N–H and O–H groups in total. The molecule has 2 unspecified atom stereocenters. The van der Waals surface area contributed by atoms with Crippen molar-refractivity contribution in [2.75, 3.05) is 6.61 Å². The molecule has 4 heteroatoms. The van der Waals surface area contributed by atoms with Crippen molar-refractivity contribution in [3.05, 3.63) is 0 Å². The number of hydrogen-bond acceptors (Lipinski definition) is 3. The Bertz CT molecular complexity index is 132. The van der Waals surface area contributed by atoms with Gasteiger partial charge in [0.25, 0.3) is 0 Å². The second-order valence-electron chi connectivity index (χ2n) is 2.56. The lowest BCUT2D eigenvalue weighted by Gasteiger charge is -2.24. The molecule has 0 amide bonds. The van der Waals surface area contributed by atoms with Gasteiger partial charge in [-0.2, -0.15) is 0 Å². The molecule has 0 rings (SSSR count). The largest absolute Gasteiger partial charge is 0.481 e. The van der Waals surface area contributed by atoms with E-state index in [0.29, 0.717) is 0 Å². The summed E-state index contributed by atoms with van der Waals surface area (Å²) in [5, 5.41) is 26.0.